The van der Waals surface area contributed by atoms with Gasteiger partial charge in [-0.15, -0.1) is 5.10 Å². The summed E-state index contributed by atoms with van der Waals surface area (Å²) in [5.74, 6) is 0.0795. The predicted octanol–water partition coefficient (Wildman–Crippen LogP) is 2.50. The van der Waals surface area contributed by atoms with Gasteiger partial charge in [-0.3, -0.25) is 9.59 Å². The standard InChI is InChI=1S/C16H14ClN5O2/c1-9-8-12(10-2-4-11(17)5-3-10)22-15(18-9)19-16(20-22)21-13(23)6-7-14(21)24/h2-5,8,12H,6-7H2,1H3,(H,18,19,20)/t12-/m0/s1. The summed E-state index contributed by atoms with van der Waals surface area (Å²) in [4.78, 5) is 29.2. The molecule has 1 fully saturated rings. The largest absolute Gasteiger partial charge is 0.329 e. The molecule has 1 aromatic carbocycles. The van der Waals surface area contributed by atoms with Crippen LogP contribution in [0, 0.1) is 0 Å². The number of benzene rings is 1. The number of halogens is 1. The number of fused-ring (bicyclic) bond motifs is 1. The Labute approximate surface area is 142 Å². The summed E-state index contributed by atoms with van der Waals surface area (Å²) in [6.07, 6.45) is 2.41. The summed E-state index contributed by atoms with van der Waals surface area (Å²) in [5.41, 5.74) is 1.90. The van der Waals surface area contributed by atoms with Gasteiger partial charge in [0.25, 0.3) is 5.95 Å². The molecule has 2 aromatic rings. The van der Waals surface area contributed by atoms with Gasteiger partial charge in [-0.2, -0.15) is 4.98 Å². The van der Waals surface area contributed by atoms with Gasteiger partial charge < -0.3 is 5.32 Å². The number of amides is 2. The van der Waals surface area contributed by atoms with Crippen LogP contribution in [0.15, 0.2) is 36.0 Å². The minimum atomic E-state index is -0.268. The van der Waals surface area contributed by atoms with Crippen LogP contribution in [0.1, 0.15) is 31.4 Å². The zero-order valence-corrected chi connectivity index (χ0v) is 13.6. The Hall–Kier alpha value is -2.67. The van der Waals surface area contributed by atoms with E-state index < -0.39 is 0 Å². The Balaban J connectivity index is 1.77. The van der Waals surface area contributed by atoms with Gasteiger partial charge in [-0.1, -0.05) is 23.7 Å². The summed E-state index contributed by atoms with van der Waals surface area (Å²) in [6.45, 7) is 1.92. The number of hydrogen-bond donors (Lipinski definition) is 1. The average molecular weight is 344 g/mol. The van der Waals surface area contributed by atoms with Crippen molar-refractivity contribution in [2.45, 2.75) is 25.8 Å². The lowest BCUT2D eigenvalue weighted by Gasteiger charge is -2.22. The normalized spacial score (nSPS) is 20.0. The van der Waals surface area contributed by atoms with Crippen LogP contribution in [0.2, 0.25) is 5.02 Å². The van der Waals surface area contributed by atoms with Crippen molar-refractivity contribution >= 4 is 35.3 Å². The molecule has 0 spiro atoms. The first-order valence-electron chi connectivity index (χ1n) is 7.56. The van der Waals surface area contributed by atoms with Crippen molar-refractivity contribution in [3.8, 4) is 0 Å². The van der Waals surface area contributed by atoms with E-state index in [0.29, 0.717) is 11.0 Å². The van der Waals surface area contributed by atoms with Crippen LogP contribution in [0.3, 0.4) is 0 Å². The summed E-state index contributed by atoms with van der Waals surface area (Å²) < 4.78 is 1.67. The number of nitrogens with zero attached hydrogens (tertiary/aromatic N) is 4. The molecule has 24 heavy (non-hydrogen) atoms. The van der Waals surface area contributed by atoms with E-state index in [2.05, 4.69) is 15.4 Å². The molecule has 7 nitrogen and oxygen atoms in total. The van der Waals surface area contributed by atoms with Gasteiger partial charge >= 0.3 is 0 Å². The van der Waals surface area contributed by atoms with E-state index in [4.69, 9.17) is 11.6 Å². The van der Waals surface area contributed by atoms with Crippen molar-refractivity contribution in [2.24, 2.45) is 0 Å². The van der Waals surface area contributed by atoms with Gasteiger partial charge in [0.1, 0.15) is 6.04 Å². The lowest BCUT2D eigenvalue weighted by molar-refractivity contribution is -0.121. The quantitative estimate of drug-likeness (QED) is 0.847. The molecule has 1 N–H and O–H groups in total. The van der Waals surface area contributed by atoms with Crippen LogP contribution in [0.5, 0.6) is 0 Å². The molecule has 3 heterocycles. The van der Waals surface area contributed by atoms with Crippen molar-refractivity contribution < 1.29 is 9.59 Å². The number of aromatic nitrogens is 3. The maximum Gasteiger partial charge on any atom is 0.260 e. The van der Waals surface area contributed by atoms with Crippen LogP contribution in [-0.4, -0.2) is 26.6 Å². The molecule has 2 amide bonds. The molecule has 0 saturated carbocycles. The fourth-order valence-electron chi connectivity index (χ4n) is 2.91. The maximum absolute atomic E-state index is 11.9. The predicted molar refractivity (Wildman–Crippen MR) is 88.7 cm³/mol. The Morgan fingerprint density at radius 3 is 2.50 bits per heavy atom. The lowest BCUT2D eigenvalue weighted by Crippen LogP contribution is -2.29. The van der Waals surface area contributed by atoms with Crippen LogP contribution >= 0.6 is 11.6 Å². The van der Waals surface area contributed by atoms with Gasteiger partial charge in [-0.25, -0.2) is 9.58 Å². The van der Waals surface area contributed by atoms with Crippen molar-refractivity contribution in [2.75, 3.05) is 10.2 Å². The molecule has 0 radical (unpaired) electrons. The number of anilines is 2. The third kappa shape index (κ3) is 2.37. The molecule has 4 rings (SSSR count). The minimum Gasteiger partial charge on any atom is -0.329 e. The molecule has 8 heteroatoms. The van der Waals surface area contributed by atoms with E-state index >= 15 is 0 Å². The number of nitrogens with one attached hydrogen (secondary N) is 1. The second-order valence-corrected chi connectivity index (χ2v) is 6.21. The maximum atomic E-state index is 11.9. The molecule has 1 saturated heterocycles. The monoisotopic (exact) mass is 343 g/mol. The number of carbonyl (C=O) groups excluding carboxylic acids is 2. The molecule has 0 aliphatic carbocycles. The fraction of sp³-hybridized carbons (Fsp3) is 0.250. The molecule has 2 aliphatic heterocycles. The van der Waals surface area contributed by atoms with Gasteiger partial charge in [0.05, 0.1) is 0 Å². The van der Waals surface area contributed by atoms with E-state index in [1.807, 2.05) is 37.3 Å². The highest BCUT2D eigenvalue weighted by molar-refractivity contribution is 6.30. The van der Waals surface area contributed by atoms with Crippen LogP contribution < -0.4 is 10.2 Å². The van der Waals surface area contributed by atoms with Crippen molar-refractivity contribution in [1.82, 2.24) is 14.8 Å². The van der Waals surface area contributed by atoms with Gasteiger partial charge in [0, 0.05) is 23.6 Å². The number of carbonyl (C=O) groups is 2. The number of hydrogen-bond acceptors (Lipinski definition) is 5. The first-order valence-corrected chi connectivity index (χ1v) is 7.94. The molecular weight excluding hydrogens is 330 g/mol. The second-order valence-electron chi connectivity index (χ2n) is 5.77. The topological polar surface area (TPSA) is 80.1 Å². The molecule has 1 atom stereocenters. The molecule has 0 bridgehead atoms. The van der Waals surface area contributed by atoms with Gasteiger partial charge in [-0.05, 0) is 30.7 Å². The molecule has 0 unspecified atom stereocenters. The third-order valence-electron chi connectivity index (χ3n) is 4.06. The van der Waals surface area contributed by atoms with Gasteiger partial charge in [0.2, 0.25) is 17.8 Å². The Kier molecular flexibility index (Phi) is 3.38. The first-order chi connectivity index (χ1) is 11.5. The van der Waals surface area contributed by atoms with Crippen LogP contribution in [-0.2, 0) is 9.59 Å². The smallest absolute Gasteiger partial charge is 0.260 e. The zero-order valence-electron chi connectivity index (χ0n) is 12.9. The number of allylic oxidation sites excluding steroid dienone is 2. The minimum absolute atomic E-state index is 0.118. The molecule has 1 aromatic heterocycles. The van der Waals surface area contributed by atoms with Crippen LogP contribution in [0.25, 0.3) is 0 Å². The Morgan fingerprint density at radius 1 is 1.17 bits per heavy atom. The van der Waals surface area contributed by atoms with E-state index in [-0.39, 0.29) is 36.6 Å². The molecule has 2 aliphatic rings. The van der Waals surface area contributed by atoms with Crippen molar-refractivity contribution in [1.29, 1.82) is 0 Å². The number of imide groups is 1. The summed E-state index contributed by atoms with van der Waals surface area (Å²) in [6, 6.07) is 7.27. The second kappa shape index (κ2) is 5.45. The highest BCUT2D eigenvalue weighted by Gasteiger charge is 2.35. The average Bonchev–Trinajstić information content (AvgIpc) is 3.10. The fourth-order valence-corrected chi connectivity index (χ4v) is 3.03. The van der Waals surface area contributed by atoms with E-state index in [0.717, 1.165) is 16.2 Å². The van der Waals surface area contributed by atoms with Crippen LogP contribution in [0.4, 0.5) is 11.9 Å². The van der Waals surface area contributed by atoms with E-state index in [1.165, 1.54) is 0 Å². The Morgan fingerprint density at radius 2 is 1.83 bits per heavy atom. The van der Waals surface area contributed by atoms with Crippen molar-refractivity contribution in [3.05, 3.63) is 46.6 Å². The lowest BCUT2D eigenvalue weighted by atomic mass is 10.1. The molecule has 122 valence electrons. The van der Waals surface area contributed by atoms with Crippen molar-refractivity contribution in [3.63, 3.8) is 0 Å². The summed E-state index contributed by atoms with van der Waals surface area (Å²) >= 11 is 5.96. The SMILES string of the molecule is CC1=C[C@@H](c2ccc(Cl)cc2)n2nc(N3C(=O)CCC3=O)nc2N1. The third-order valence-corrected chi connectivity index (χ3v) is 4.32. The number of rotatable bonds is 2. The highest BCUT2D eigenvalue weighted by atomic mass is 35.5. The first kappa shape index (κ1) is 14.9. The molecular formula is C16H14ClN5O2. The Bertz CT molecular complexity index is 855. The van der Waals surface area contributed by atoms with E-state index in [1.54, 1.807) is 4.68 Å². The summed E-state index contributed by atoms with van der Waals surface area (Å²) in [5, 5.41) is 8.17. The van der Waals surface area contributed by atoms with E-state index in [9.17, 15) is 9.59 Å². The summed E-state index contributed by atoms with van der Waals surface area (Å²) in [7, 11) is 0. The van der Waals surface area contributed by atoms with Gasteiger partial charge in [0.15, 0.2) is 0 Å². The highest BCUT2D eigenvalue weighted by Crippen LogP contribution is 2.31. The zero-order chi connectivity index (χ0) is 16.8.